The first-order valence-corrected chi connectivity index (χ1v) is 7.48. The molecule has 7 heteroatoms. The van der Waals surface area contributed by atoms with E-state index in [0.717, 1.165) is 5.39 Å². The topological polar surface area (TPSA) is 118 Å². The van der Waals surface area contributed by atoms with Crippen LogP contribution in [-0.4, -0.2) is 16.1 Å². The van der Waals surface area contributed by atoms with Crippen molar-refractivity contribution in [3.8, 4) is 5.75 Å². The van der Waals surface area contributed by atoms with E-state index in [-0.39, 0.29) is 11.4 Å². The number of rotatable bonds is 4. The number of phenolic OH excluding ortho intramolecular Hbond substituents is 1. The van der Waals surface area contributed by atoms with E-state index in [0.29, 0.717) is 16.5 Å². The zero-order chi connectivity index (χ0) is 18.0. The van der Waals surface area contributed by atoms with Gasteiger partial charge in [0.15, 0.2) is 0 Å². The van der Waals surface area contributed by atoms with Crippen LogP contribution in [0.3, 0.4) is 0 Å². The number of urea groups is 1. The van der Waals surface area contributed by atoms with Crippen LogP contribution in [0, 0.1) is 10.1 Å². The summed E-state index contributed by atoms with van der Waals surface area (Å²) in [6.45, 7) is 0. The molecule has 0 radical (unpaired) electrons. The summed E-state index contributed by atoms with van der Waals surface area (Å²) in [5.41, 5.74) is 6.05. The molecule has 2 amide bonds. The van der Waals surface area contributed by atoms with Crippen molar-refractivity contribution in [2.45, 2.75) is 6.04 Å². The number of nitro benzene ring substituents is 1. The van der Waals surface area contributed by atoms with Crippen LogP contribution in [0.15, 0.2) is 60.7 Å². The molecule has 7 nitrogen and oxygen atoms in total. The highest BCUT2D eigenvalue weighted by Gasteiger charge is 2.23. The molecule has 25 heavy (non-hydrogen) atoms. The van der Waals surface area contributed by atoms with Crippen molar-refractivity contribution in [2.24, 2.45) is 5.73 Å². The highest BCUT2D eigenvalue weighted by atomic mass is 16.6. The third-order valence-corrected chi connectivity index (χ3v) is 3.94. The summed E-state index contributed by atoms with van der Waals surface area (Å²) in [7, 11) is 0. The molecule has 126 valence electrons. The van der Waals surface area contributed by atoms with Gasteiger partial charge in [-0.15, -0.1) is 0 Å². The molecular weight excluding hydrogens is 322 g/mol. The average molecular weight is 337 g/mol. The Morgan fingerprint density at radius 1 is 1.12 bits per heavy atom. The van der Waals surface area contributed by atoms with E-state index in [1.165, 1.54) is 24.3 Å². The number of amides is 2. The first-order chi connectivity index (χ1) is 12.0. The summed E-state index contributed by atoms with van der Waals surface area (Å²) in [6, 6.07) is 14.8. The normalized spacial score (nSPS) is 11.8. The number of nitrogens with two attached hydrogens (primary N) is 1. The number of carbonyl (C=O) groups is 1. The van der Waals surface area contributed by atoms with Crippen molar-refractivity contribution in [1.29, 1.82) is 0 Å². The van der Waals surface area contributed by atoms with Crippen LogP contribution >= 0.6 is 0 Å². The maximum atomic E-state index is 11.5. The quantitative estimate of drug-likeness (QED) is 0.500. The molecule has 0 spiro atoms. The Hall–Kier alpha value is -3.61. The van der Waals surface area contributed by atoms with Crippen LogP contribution in [-0.2, 0) is 0 Å². The van der Waals surface area contributed by atoms with Crippen LogP contribution in [0.2, 0.25) is 0 Å². The number of carbonyl (C=O) groups excluding carboxylic acids is 1. The van der Waals surface area contributed by atoms with Crippen molar-refractivity contribution in [2.75, 3.05) is 0 Å². The molecule has 0 bridgehead atoms. The molecule has 0 saturated carbocycles. The number of phenols is 1. The van der Waals surface area contributed by atoms with Gasteiger partial charge >= 0.3 is 6.03 Å². The highest BCUT2D eigenvalue weighted by Crippen LogP contribution is 2.36. The van der Waals surface area contributed by atoms with Gasteiger partial charge in [0, 0.05) is 17.7 Å². The Kier molecular flexibility index (Phi) is 4.21. The van der Waals surface area contributed by atoms with E-state index in [2.05, 4.69) is 5.32 Å². The second kappa shape index (κ2) is 6.48. The van der Waals surface area contributed by atoms with Gasteiger partial charge in [-0.25, -0.2) is 4.79 Å². The SMILES string of the molecule is NC(=O)NC(c1cccc([N+](=O)[O-])c1)c1c(O)ccc2ccccc12. The largest absolute Gasteiger partial charge is 0.508 e. The van der Waals surface area contributed by atoms with E-state index >= 15 is 0 Å². The molecule has 3 aromatic rings. The summed E-state index contributed by atoms with van der Waals surface area (Å²) < 4.78 is 0. The highest BCUT2D eigenvalue weighted by molar-refractivity contribution is 5.89. The molecule has 3 aromatic carbocycles. The minimum Gasteiger partial charge on any atom is -0.508 e. The van der Waals surface area contributed by atoms with Gasteiger partial charge in [0.25, 0.3) is 5.69 Å². The summed E-state index contributed by atoms with van der Waals surface area (Å²) in [4.78, 5) is 22.1. The lowest BCUT2D eigenvalue weighted by Gasteiger charge is -2.21. The van der Waals surface area contributed by atoms with Crippen molar-refractivity contribution in [3.63, 3.8) is 0 Å². The number of nitro groups is 1. The monoisotopic (exact) mass is 337 g/mol. The number of aromatic hydroxyl groups is 1. The Bertz CT molecular complexity index is 971. The molecule has 0 fully saturated rings. The lowest BCUT2D eigenvalue weighted by Crippen LogP contribution is -2.34. The number of benzene rings is 3. The minimum absolute atomic E-state index is 0.0380. The van der Waals surface area contributed by atoms with E-state index in [1.54, 1.807) is 24.3 Å². The predicted molar refractivity (Wildman–Crippen MR) is 93.3 cm³/mol. The van der Waals surface area contributed by atoms with Gasteiger partial charge in [-0.2, -0.15) is 0 Å². The molecule has 1 atom stereocenters. The Labute approximate surface area is 142 Å². The molecule has 4 N–H and O–H groups in total. The second-order valence-electron chi connectivity index (χ2n) is 5.51. The minimum atomic E-state index is -0.830. The average Bonchev–Trinajstić information content (AvgIpc) is 2.60. The van der Waals surface area contributed by atoms with Crippen LogP contribution in [0.4, 0.5) is 10.5 Å². The molecule has 0 saturated heterocycles. The molecule has 0 aliphatic rings. The van der Waals surface area contributed by atoms with Gasteiger partial charge < -0.3 is 16.2 Å². The first kappa shape index (κ1) is 16.3. The Balaban J connectivity index is 2.24. The lowest BCUT2D eigenvalue weighted by molar-refractivity contribution is -0.384. The summed E-state index contributed by atoms with van der Waals surface area (Å²) in [5.74, 6) is -0.0380. The summed E-state index contributed by atoms with van der Waals surface area (Å²) in [6.07, 6.45) is 0. The standard InChI is InChI=1S/C18H15N3O4/c19-18(23)20-17(12-5-3-6-13(10-12)21(24)25)16-14-7-2-1-4-11(14)8-9-15(16)22/h1-10,17,22H,(H3,19,20,23). The van der Waals surface area contributed by atoms with Gasteiger partial charge in [-0.1, -0.05) is 42.5 Å². The van der Waals surface area contributed by atoms with Gasteiger partial charge in [0.2, 0.25) is 0 Å². The van der Waals surface area contributed by atoms with Crippen molar-refractivity contribution in [1.82, 2.24) is 5.32 Å². The number of non-ortho nitro benzene ring substituents is 1. The van der Waals surface area contributed by atoms with E-state index in [4.69, 9.17) is 5.73 Å². The number of nitrogens with zero attached hydrogens (tertiary/aromatic N) is 1. The third-order valence-electron chi connectivity index (χ3n) is 3.94. The number of hydrogen-bond donors (Lipinski definition) is 3. The van der Waals surface area contributed by atoms with Crippen LogP contribution in [0.1, 0.15) is 17.2 Å². The fourth-order valence-corrected chi connectivity index (χ4v) is 2.87. The van der Waals surface area contributed by atoms with E-state index < -0.39 is 17.0 Å². The number of fused-ring (bicyclic) bond motifs is 1. The molecule has 0 aliphatic heterocycles. The number of primary amides is 1. The van der Waals surface area contributed by atoms with Crippen LogP contribution < -0.4 is 11.1 Å². The molecule has 3 rings (SSSR count). The van der Waals surface area contributed by atoms with Crippen molar-refractivity contribution < 1.29 is 14.8 Å². The molecule has 0 aliphatic carbocycles. The fourth-order valence-electron chi connectivity index (χ4n) is 2.87. The van der Waals surface area contributed by atoms with Crippen LogP contribution in [0.25, 0.3) is 10.8 Å². The Morgan fingerprint density at radius 2 is 1.88 bits per heavy atom. The van der Waals surface area contributed by atoms with E-state index in [1.807, 2.05) is 12.1 Å². The summed E-state index contributed by atoms with van der Waals surface area (Å²) in [5, 5.41) is 25.6. The Morgan fingerprint density at radius 3 is 2.60 bits per heavy atom. The molecule has 0 aromatic heterocycles. The van der Waals surface area contributed by atoms with Gasteiger partial charge in [-0.3, -0.25) is 10.1 Å². The first-order valence-electron chi connectivity index (χ1n) is 7.48. The van der Waals surface area contributed by atoms with Gasteiger partial charge in [-0.05, 0) is 22.4 Å². The third kappa shape index (κ3) is 3.20. The number of nitrogens with one attached hydrogen (secondary N) is 1. The van der Waals surface area contributed by atoms with Crippen LogP contribution in [0.5, 0.6) is 5.75 Å². The molecule has 1 unspecified atom stereocenters. The van der Waals surface area contributed by atoms with Gasteiger partial charge in [0.1, 0.15) is 5.75 Å². The van der Waals surface area contributed by atoms with Crippen molar-refractivity contribution in [3.05, 3.63) is 81.9 Å². The fraction of sp³-hybridized carbons (Fsp3) is 0.0556. The number of hydrogen-bond acceptors (Lipinski definition) is 4. The zero-order valence-corrected chi connectivity index (χ0v) is 13.0. The maximum absolute atomic E-state index is 11.5. The summed E-state index contributed by atoms with van der Waals surface area (Å²) >= 11 is 0. The second-order valence-corrected chi connectivity index (χ2v) is 5.51. The zero-order valence-electron chi connectivity index (χ0n) is 13.0. The molecule has 0 heterocycles. The predicted octanol–water partition coefficient (Wildman–Crippen LogP) is 3.21. The smallest absolute Gasteiger partial charge is 0.312 e. The van der Waals surface area contributed by atoms with E-state index in [9.17, 15) is 20.0 Å². The maximum Gasteiger partial charge on any atom is 0.312 e. The van der Waals surface area contributed by atoms with Gasteiger partial charge in [0.05, 0.1) is 11.0 Å². The lowest BCUT2D eigenvalue weighted by atomic mass is 9.92. The molecular formula is C18H15N3O4. The van der Waals surface area contributed by atoms with Crippen molar-refractivity contribution >= 4 is 22.5 Å².